The van der Waals surface area contributed by atoms with E-state index < -0.39 is 23.8 Å². The summed E-state index contributed by atoms with van der Waals surface area (Å²) in [7, 11) is 5.38. The predicted octanol–water partition coefficient (Wildman–Crippen LogP) is -1.65. The molecule has 0 saturated heterocycles. The summed E-state index contributed by atoms with van der Waals surface area (Å²) in [6.07, 6.45) is -0.474. The van der Waals surface area contributed by atoms with Crippen LogP contribution < -0.4 is 5.11 Å². The average molecular weight is 263 g/mol. The van der Waals surface area contributed by atoms with Crippen molar-refractivity contribution in [3.8, 4) is 0 Å². The third-order valence-electron chi connectivity index (χ3n) is 2.29. The third-order valence-corrected chi connectivity index (χ3v) is 2.29. The highest BCUT2D eigenvalue weighted by atomic mass is 16.4. The minimum absolute atomic E-state index is 0. The summed E-state index contributed by atoms with van der Waals surface area (Å²) in [5.41, 5.74) is -1.83. The van der Waals surface area contributed by atoms with Crippen LogP contribution in [0.2, 0.25) is 0 Å². The average Bonchev–Trinajstić information content (AvgIpc) is 1.96. The summed E-state index contributed by atoms with van der Waals surface area (Å²) in [5, 5.41) is 20.9. The van der Waals surface area contributed by atoms with Crippen molar-refractivity contribution in [1.82, 2.24) is 0 Å². The van der Waals surface area contributed by atoms with Gasteiger partial charge in [0.1, 0.15) is 6.54 Å². The van der Waals surface area contributed by atoms with E-state index in [1.807, 2.05) is 13.8 Å². The summed E-state index contributed by atoms with van der Waals surface area (Å²) < 4.78 is 0.313. The van der Waals surface area contributed by atoms with E-state index in [0.717, 1.165) is 0 Å². The standard InChI is InChI=1S/C12H23NO4.H2O/c1-9(2)6-10(14)12(17,7-11(15)16)8-13(3,4)5;/h9,17H,6-8H2,1-5H3;1H2. The monoisotopic (exact) mass is 263 g/mol. The van der Waals surface area contributed by atoms with Crippen molar-refractivity contribution in [2.45, 2.75) is 32.3 Å². The van der Waals surface area contributed by atoms with Crippen molar-refractivity contribution in [3.63, 3.8) is 0 Å². The van der Waals surface area contributed by atoms with E-state index >= 15 is 0 Å². The Balaban J connectivity index is 0. The van der Waals surface area contributed by atoms with Crippen molar-refractivity contribution >= 4 is 11.8 Å². The molecule has 0 aromatic rings. The fourth-order valence-corrected chi connectivity index (χ4v) is 1.83. The second kappa shape index (κ2) is 6.82. The molecule has 0 amide bonds. The van der Waals surface area contributed by atoms with Crippen molar-refractivity contribution in [3.05, 3.63) is 0 Å². The number of carboxylic acid groups (broad SMARTS) is 1. The first kappa shape index (κ1) is 19.4. The first-order valence-corrected chi connectivity index (χ1v) is 5.72. The van der Waals surface area contributed by atoms with Gasteiger partial charge in [0, 0.05) is 18.8 Å². The number of carbonyl (C=O) groups excluding carboxylic acids is 2. The van der Waals surface area contributed by atoms with Crippen LogP contribution in [0.3, 0.4) is 0 Å². The summed E-state index contributed by atoms with van der Waals surface area (Å²) >= 11 is 0. The summed E-state index contributed by atoms with van der Waals surface area (Å²) in [6.45, 7) is 3.76. The van der Waals surface area contributed by atoms with E-state index in [9.17, 15) is 19.8 Å². The molecule has 108 valence electrons. The molecule has 6 nitrogen and oxygen atoms in total. The number of carbonyl (C=O) groups is 2. The first-order chi connectivity index (χ1) is 7.46. The smallest absolute Gasteiger partial charge is 0.177 e. The molecule has 1 atom stereocenters. The molecule has 0 radical (unpaired) electrons. The fourth-order valence-electron chi connectivity index (χ4n) is 1.83. The van der Waals surface area contributed by atoms with E-state index in [1.165, 1.54) is 0 Å². The molecule has 0 aromatic heterocycles. The number of Topliss-reactive ketones (excluding diaryl/α,β-unsaturated/α-hetero) is 1. The van der Waals surface area contributed by atoms with E-state index in [2.05, 4.69) is 0 Å². The number of hydrogen-bond donors (Lipinski definition) is 1. The molecule has 0 spiro atoms. The number of rotatable bonds is 7. The topological polar surface area (TPSA) is 109 Å². The number of aliphatic hydroxyl groups is 1. The molecule has 18 heavy (non-hydrogen) atoms. The van der Waals surface area contributed by atoms with Crippen LogP contribution in [0.4, 0.5) is 0 Å². The van der Waals surface area contributed by atoms with Gasteiger partial charge < -0.3 is 25.0 Å². The lowest BCUT2D eigenvalue weighted by molar-refractivity contribution is -0.875. The van der Waals surface area contributed by atoms with Gasteiger partial charge in [0.05, 0.1) is 21.1 Å². The molecule has 0 aliphatic heterocycles. The van der Waals surface area contributed by atoms with Gasteiger partial charge in [-0.25, -0.2) is 0 Å². The Hall–Kier alpha value is -0.980. The lowest BCUT2D eigenvalue weighted by atomic mass is 9.88. The van der Waals surface area contributed by atoms with Crippen LogP contribution in [-0.4, -0.2) is 60.1 Å². The van der Waals surface area contributed by atoms with Gasteiger partial charge in [-0.05, 0) is 5.92 Å². The Morgan fingerprint density at radius 2 is 1.72 bits per heavy atom. The lowest BCUT2D eigenvalue weighted by Gasteiger charge is -2.35. The summed E-state index contributed by atoms with van der Waals surface area (Å²) in [6, 6.07) is 0. The molecule has 6 heteroatoms. The molecule has 0 aliphatic rings. The largest absolute Gasteiger partial charge is 0.550 e. The molecule has 0 fully saturated rings. The van der Waals surface area contributed by atoms with Gasteiger partial charge in [-0.2, -0.15) is 0 Å². The quantitative estimate of drug-likeness (QED) is 0.555. The second-order valence-corrected chi connectivity index (χ2v) is 6.05. The zero-order valence-electron chi connectivity index (χ0n) is 11.8. The van der Waals surface area contributed by atoms with E-state index in [4.69, 9.17) is 0 Å². The molecule has 0 aliphatic carbocycles. The minimum Gasteiger partial charge on any atom is -0.550 e. The predicted molar refractivity (Wildman–Crippen MR) is 65.5 cm³/mol. The SMILES string of the molecule is CC(C)CC(=O)C(O)(CC(=O)[O-])C[N+](C)(C)C.O. The summed E-state index contributed by atoms with van der Waals surface area (Å²) in [5.74, 6) is -1.74. The van der Waals surface area contributed by atoms with Crippen molar-refractivity contribution < 1.29 is 29.8 Å². The molecule has 0 saturated carbocycles. The highest BCUT2D eigenvalue weighted by Crippen LogP contribution is 2.19. The Bertz CT molecular complexity index is 295. The highest BCUT2D eigenvalue weighted by molar-refractivity contribution is 5.90. The molecular formula is C12H25NO5. The molecule has 0 aromatic carbocycles. The number of nitrogens with zero attached hydrogens (tertiary/aromatic N) is 1. The number of hydrogen-bond acceptors (Lipinski definition) is 4. The van der Waals surface area contributed by atoms with Gasteiger partial charge in [0.25, 0.3) is 0 Å². The first-order valence-electron chi connectivity index (χ1n) is 5.72. The van der Waals surface area contributed by atoms with Crippen LogP contribution >= 0.6 is 0 Å². The Labute approximate surface area is 108 Å². The minimum atomic E-state index is -1.83. The zero-order valence-corrected chi connectivity index (χ0v) is 11.8. The molecule has 3 N–H and O–H groups in total. The van der Waals surface area contributed by atoms with E-state index in [1.54, 1.807) is 21.1 Å². The number of likely N-dealkylation sites (N-methyl/N-ethyl adjacent to an activating group) is 1. The number of quaternary nitrogens is 1. The molecule has 0 heterocycles. The van der Waals surface area contributed by atoms with Gasteiger partial charge in [-0.3, -0.25) is 4.79 Å². The molecule has 0 rings (SSSR count). The van der Waals surface area contributed by atoms with Crippen LogP contribution in [0.1, 0.15) is 26.7 Å². The van der Waals surface area contributed by atoms with Crippen molar-refractivity contribution in [2.75, 3.05) is 27.7 Å². The second-order valence-electron chi connectivity index (χ2n) is 6.05. The van der Waals surface area contributed by atoms with Gasteiger partial charge in [0.15, 0.2) is 11.4 Å². The normalized spacial score (nSPS) is 14.8. The van der Waals surface area contributed by atoms with Crippen LogP contribution in [0.5, 0.6) is 0 Å². The molecule has 0 bridgehead atoms. The van der Waals surface area contributed by atoms with Gasteiger partial charge >= 0.3 is 0 Å². The Morgan fingerprint density at radius 1 is 1.28 bits per heavy atom. The van der Waals surface area contributed by atoms with Crippen LogP contribution in [-0.2, 0) is 9.59 Å². The highest BCUT2D eigenvalue weighted by Gasteiger charge is 2.40. The lowest BCUT2D eigenvalue weighted by Crippen LogP contribution is -2.56. The van der Waals surface area contributed by atoms with Crippen LogP contribution in [0.25, 0.3) is 0 Å². The van der Waals surface area contributed by atoms with Crippen molar-refractivity contribution in [1.29, 1.82) is 0 Å². The molecule has 1 unspecified atom stereocenters. The fraction of sp³-hybridized carbons (Fsp3) is 0.833. The van der Waals surface area contributed by atoms with Crippen LogP contribution in [0, 0.1) is 5.92 Å². The van der Waals surface area contributed by atoms with E-state index in [0.29, 0.717) is 4.48 Å². The third kappa shape index (κ3) is 7.37. The number of ketones is 1. The van der Waals surface area contributed by atoms with E-state index in [-0.39, 0.29) is 24.4 Å². The Kier molecular flexibility index (Phi) is 7.34. The maximum Gasteiger partial charge on any atom is 0.177 e. The van der Waals surface area contributed by atoms with Gasteiger partial charge in [0.2, 0.25) is 0 Å². The number of aliphatic carboxylic acids is 1. The van der Waals surface area contributed by atoms with Gasteiger partial charge in [-0.15, -0.1) is 0 Å². The van der Waals surface area contributed by atoms with Crippen LogP contribution in [0.15, 0.2) is 0 Å². The maximum absolute atomic E-state index is 11.9. The zero-order chi connectivity index (χ0) is 13.9. The summed E-state index contributed by atoms with van der Waals surface area (Å²) in [4.78, 5) is 22.6. The maximum atomic E-state index is 11.9. The van der Waals surface area contributed by atoms with Gasteiger partial charge in [-0.1, -0.05) is 13.8 Å². The van der Waals surface area contributed by atoms with Crippen molar-refractivity contribution in [2.24, 2.45) is 5.92 Å². The Morgan fingerprint density at radius 3 is 2.00 bits per heavy atom. The number of carboxylic acids is 1. The molecular weight excluding hydrogens is 238 g/mol.